The molecule has 3 N–H and O–H groups in total. The molecule has 5 aromatic rings. The van der Waals surface area contributed by atoms with Crippen LogP contribution < -0.4 is 10.1 Å². The van der Waals surface area contributed by atoms with Gasteiger partial charge in [-0.25, -0.2) is 0 Å². The van der Waals surface area contributed by atoms with E-state index in [1.54, 1.807) is 39.5 Å². The molecule has 0 spiro atoms. The highest BCUT2D eigenvalue weighted by atomic mass is 127. The van der Waals surface area contributed by atoms with Gasteiger partial charge >= 0.3 is 0 Å². The fourth-order valence-corrected chi connectivity index (χ4v) is 5.38. The number of aryl methyl sites for hydroxylation is 1. The van der Waals surface area contributed by atoms with Crippen molar-refractivity contribution >= 4 is 55.9 Å². The first kappa shape index (κ1) is 31.8. The van der Waals surface area contributed by atoms with Crippen LogP contribution in [0.25, 0.3) is 21.8 Å². The van der Waals surface area contributed by atoms with Gasteiger partial charge in [-0.2, -0.15) is 10.2 Å². The van der Waals surface area contributed by atoms with Gasteiger partial charge in [0, 0.05) is 29.9 Å². The molecule has 0 unspecified atom stereocenters. The number of fused-ring (bicyclic) bond motifs is 2. The van der Waals surface area contributed by atoms with E-state index in [4.69, 9.17) is 9.84 Å². The number of hydrogen-bond acceptors (Lipinski definition) is 7. The third-order valence-electron chi connectivity index (χ3n) is 7.00. The first-order valence-electron chi connectivity index (χ1n) is 14.0. The summed E-state index contributed by atoms with van der Waals surface area (Å²) in [5, 5.41) is 39.3. The van der Waals surface area contributed by atoms with Crippen molar-refractivity contribution in [3.05, 3.63) is 57.4 Å². The number of nitrogens with one attached hydrogen (secondary N) is 1. The van der Waals surface area contributed by atoms with Crippen LogP contribution in [-0.4, -0.2) is 46.7 Å². The lowest BCUT2D eigenvalue weighted by molar-refractivity contribution is 0.0782. The molecule has 3 aromatic heterocycles. The van der Waals surface area contributed by atoms with E-state index in [0.29, 0.717) is 17.7 Å². The number of benzene rings is 2. The van der Waals surface area contributed by atoms with Gasteiger partial charge in [0.2, 0.25) is 0 Å². The van der Waals surface area contributed by atoms with E-state index in [-0.39, 0.29) is 6.04 Å². The van der Waals surface area contributed by atoms with Crippen molar-refractivity contribution in [3.63, 3.8) is 0 Å². The highest BCUT2D eigenvalue weighted by Gasteiger charge is 2.21. The third-order valence-corrected chi connectivity index (χ3v) is 7.80. The minimum Gasteiger partial charge on any atom is -0.478 e. The molecule has 3 heterocycles. The summed E-state index contributed by atoms with van der Waals surface area (Å²) in [6.07, 6.45) is 1.85. The van der Waals surface area contributed by atoms with Crippen LogP contribution in [0.15, 0.2) is 42.6 Å². The van der Waals surface area contributed by atoms with E-state index in [1.165, 1.54) is 0 Å². The molecule has 0 radical (unpaired) electrons. The van der Waals surface area contributed by atoms with Crippen LogP contribution in [0.2, 0.25) is 0 Å². The molecule has 226 valence electrons. The Kier molecular flexibility index (Phi) is 8.96. The van der Waals surface area contributed by atoms with Crippen molar-refractivity contribution in [2.24, 2.45) is 7.05 Å². The molecule has 0 fully saturated rings. The predicted molar refractivity (Wildman–Crippen MR) is 176 cm³/mol. The van der Waals surface area contributed by atoms with Crippen LogP contribution in [0.1, 0.15) is 78.6 Å². The van der Waals surface area contributed by atoms with Gasteiger partial charge in [0.25, 0.3) is 5.88 Å². The number of ether oxygens (including phenoxy) is 1. The van der Waals surface area contributed by atoms with Gasteiger partial charge in [0.15, 0.2) is 5.82 Å². The molecule has 0 aliphatic rings. The highest BCUT2D eigenvalue weighted by Crippen LogP contribution is 2.34. The van der Waals surface area contributed by atoms with E-state index in [0.717, 1.165) is 42.3 Å². The molecule has 0 atom stereocenters. The standard InChI is InChI=1S/C18H25N5O2.C13H17IN2O/c1-11(2)23-15-8-7-12(18(3,4)24)9-13(15)16(20-23)19-14-10-22(5)21-17(14)25-6;1-8(2)16-11-6-5-9(13(3,4)17)7-10(11)12(14)15-16/h7-11,24H,1-6H3,(H,19,20);5-8,17H,1-4H3. The zero-order chi connectivity index (χ0) is 31.1. The zero-order valence-corrected chi connectivity index (χ0v) is 28.2. The molecule has 11 heteroatoms. The highest BCUT2D eigenvalue weighted by molar-refractivity contribution is 14.1. The lowest BCUT2D eigenvalue weighted by Gasteiger charge is -2.18. The Morgan fingerprint density at radius 2 is 1.31 bits per heavy atom. The summed E-state index contributed by atoms with van der Waals surface area (Å²) in [5.41, 5.74) is 2.91. The predicted octanol–water partition coefficient (Wildman–Crippen LogP) is 6.78. The summed E-state index contributed by atoms with van der Waals surface area (Å²) in [4.78, 5) is 0. The molecule has 0 saturated heterocycles. The van der Waals surface area contributed by atoms with Crippen molar-refractivity contribution in [2.75, 3.05) is 12.4 Å². The van der Waals surface area contributed by atoms with Crippen LogP contribution in [-0.2, 0) is 18.2 Å². The normalized spacial score (nSPS) is 12.4. The van der Waals surface area contributed by atoms with E-state index >= 15 is 0 Å². The molecule has 0 aliphatic heterocycles. The lowest BCUT2D eigenvalue weighted by Crippen LogP contribution is -2.15. The van der Waals surface area contributed by atoms with Crippen molar-refractivity contribution in [1.29, 1.82) is 0 Å². The maximum absolute atomic E-state index is 10.3. The summed E-state index contributed by atoms with van der Waals surface area (Å²) in [7, 11) is 3.43. The number of methoxy groups -OCH3 is 1. The van der Waals surface area contributed by atoms with Gasteiger partial charge in [-0.1, -0.05) is 12.1 Å². The average molecular weight is 688 g/mol. The minimum absolute atomic E-state index is 0.210. The Labute approximate surface area is 260 Å². The molecule has 0 bridgehead atoms. The molecule has 42 heavy (non-hydrogen) atoms. The summed E-state index contributed by atoms with van der Waals surface area (Å²) < 4.78 is 12.0. The molecular formula is C31H42IN7O3. The van der Waals surface area contributed by atoms with Gasteiger partial charge in [-0.3, -0.25) is 14.0 Å². The second-order valence-electron chi connectivity index (χ2n) is 12.1. The van der Waals surface area contributed by atoms with Crippen molar-refractivity contribution in [2.45, 2.75) is 78.7 Å². The van der Waals surface area contributed by atoms with Gasteiger partial charge in [-0.15, -0.1) is 5.10 Å². The smallest absolute Gasteiger partial charge is 0.256 e. The number of halogens is 1. The van der Waals surface area contributed by atoms with Gasteiger partial charge in [0.1, 0.15) is 9.39 Å². The van der Waals surface area contributed by atoms with E-state index in [9.17, 15) is 10.2 Å². The van der Waals surface area contributed by atoms with Crippen LogP contribution in [0, 0.1) is 3.70 Å². The Morgan fingerprint density at radius 3 is 1.81 bits per heavy atom. The van der Waals surface area contributed by atoms with E-state index in [1.807, 2.05) is 59.0 Å². The maximum atomic E-state index is 10.3. The van der Waals surface area contributed by atoms with Crippen molar-refractivity contribution in [1.82, 2.24) is 29.3 Å². The zero-order valence-electron chi connectivity index (χ0n) is 26.1. The van der Waals surface area contributed by atoms with Crippen LogP contribution >= 0.6 is 22.6 Å². The summed E-state index contributed by atoms with van der Waals surface area (Å²) in [6.45, 7) is 15.6. The molecule has 0 amide bonds. The molecule has 0 aliphatic carbocycles. The summed E-state index contributed by atoms with van der Waals surface area (Å²) >= 11 is 2.24. The fourth-order valence-electron chi connectivity index (χ4n) is 4.72. The summed E-state index contributed by atoms with van der Waals surface area (Å²) in [5.74, 6) is 1.22. The van der Waals surface area contributed by atoms with Crippen molar-refractivity contribution in [3.8, 4) is 5.88 Å². The first-order chi connectivity index (χ1) is 19.5. The first-order valence-corrected chi connectivity index (χ1v) is 15.1. The van der Waals surface area contributed by atoms with Gasteiger partial charge < -0.3 is 20.3 Å². The SMILES string of the molecule is CC(C)n1nc(I)c2cc(C(C)(C)O)ccc21.COc1nn(C)cc1Nc1nn(C(C)C)c2ccc(C(C)(C)O)cc12. The Hall–Kier alpha value is -3.16. The lowest BCUT2D eigenvalue weighted by atomic mass is 9.97. The molecule has 10 nitrogen and oxygen atoms in total. The number of nitrogens with zero attached hydrogens (tertiary/aromatic N) is 6. The topological polar surface area (TPSA) is 115 Å². The van der Waals surface area contributed by atoms with E-state index < -0.39 is 11.2 Å². The largest absolute Gasteiger partial charge is 0.478 e. The third kappa shape index (κ3) is 6.57. The Bertz CT molecular complexity index is 1700. The quantitative estimate of drug-likeness (QED) is 0.162. The van der Waals surface area contributed by atoms with Crippen LogP contribution in [0.3, 0.4) is 0 Å². The molecule has 2 aromatic carbocycles. The maximum Gasteiger partial charge on any atom is 0.256 e. The average Bonchev–Trinajstić information content (AvgIpc) is 3.56. The second-order valence-corrected chi connectivity index (χ2v) is 13.2. The minimum atomic E-state index is -0.919. The number of anilines is 2. The Morgan fingerprint density at radius 1 is 0.810 bits per heavy atom. The number of aliphatic hydroxyl groups is 2. The summed E-state index contributed by atoms with van der Waals surface area (Å²) in [6, 6.07) is 12.5. The van der Waals surface area contributed by atoms with Crippen LogP contribution in [0.5, 0.6) is 5.88 Å². The molecule has 5 rings (SSSR count). The second kappa shape index (κ2) is 11.8. The number of aromatic nitrogens is 6. The Balaban J connectivity index is 0.000000208. The van der Waals surface area contributed by atoms with Gasteiger partial charge in [-0.05, 0) is 113 Å². The fraction of sp³-hybridized carbons (Fsp3) is 0.452. The monoisotopic (exact) mass is 687 g/mol. The number of hydrogen-bond donors (Lipinski definition) is 3. The van der Waals surface area contributed by atoms with Gasteiger partial charge in [0.05, 0.1) is 35.5 Å². The van der Waals surface area contributed by atoms with E-state index in [2.05, 4.69) is 65.8 Å². The van der Waals surface area contributed by atoms with Crippen molar-refractivity contribution < 1.29 is 14.9 Å². The molecular weight excluding hydrogens is 645 g/mol. The number of rotatable bonds is 7. The molecule has 0 saturated carbocycles. The van der Waals surface area contributed by atoms with Crippen LogP contribution in [0.4, 0.5) is 11.5 Å².